The molecule has 3 rings (SSSR count). The molecule has 0 saturated heterocycles. The monoisotopic (exact) mass is 229 g/mol. The van der Waals surface area contributed by atoms with Gasteiger partial charge in [0.15, 0.2) is 5.96 Å². The number of guanidine groups is 1. The summed E-state index contributed by atoms with van der Waals surface area (Å²) in [6, 6.07) is 9.44. The predicted octanol–water partition coefficient (Wildman–Crippen LogP) is 2.00. The van der Waals surface area contributed by atoms with Crippen LogP contribution in [0.5, 0.6) is 0 Å². The summed E-state index contributed by atoms with van der Waals surface area (Å²) in [6.07, 6.45) is 2.74. The number of aliphatic imine (C=N–C) groups is 1. The molecule has 1 aromatic carbocycles. The van der Waals surface area contributed by atoms with Crippen LogP contribution in [0.1, 0.15) is 36.8 Å². The fourth-order valence-electron chi connectivity index (χ4n) is 2.17. The van der Waals surface area contributed by atoms with E-state index in [0.29, 0.717) is 6.04 Å². The lowest BCUT2D eigenvalue weighted by molar-refractivity contribution is 0.713. The standard InChI is InChI=1S/C14H19N3/c1-10-8-15-14(17-10)16-9-11-2-4-12(5-3-11)13-6-7-13/h2-5,10,13H,6-9H2,1H3,(H2,15,16,17). The van der Waals surface area contributed by atoms with Crippen LogP contribution in [-0.4, -0.2) is 18.5 Å². The summed E-state index contributed by atoms with van der Waals surface area (Å²) in [5.74, 6) is 1.78. The zero-order valence-corrected chi connectivity index (χ0v) is 10.2. The van der Waals surface area contributed by atoms with E-state index in [4.69, 9.17) is 0 Å². The molecule has 1 aliphatic carbocycles. The van der Waals surface area contributed by atoms with Crippen molar-refractivity contribution in [3.05, 3.63) is 35.4 Å². The van der Waals surface area contributed by atoms with Crippen molar-refractivity contribution in [1.82, 2.24) is 10.6 Å². The smallest absolute Gasteiger partial charge is 0.191 e. The molecule has 1 unspecified atom stereocenters. The van der Waals surface area contributed by atoms with E-state index in [0.717, 1.165) is 25.0 Å². The zero-order chi connectivity index (χ0) is 11.7. The number of hydrogen-bond donors (Lipinski definition) is 2. The number of benzene rings is 1. The van der Waals surface area contributed by atoms with Crippen LogP contribution < -0.4 is 10.6 Å². The molecular weight excluding hydrogens is 210 g/mol. The molecule has 1 saturated carbocycles. The summed E-state index contributed by atoms with van der Waals surface area (Å²) in [5, 5.41) is 6.63. The first-order valence-electron chi connectivity index (χ1n) is 6.45. The van der Waals surface area contributed by atoms with Gasteiger partial charge in [-0.2, -0.15) is 0 Å². The second-order valence-electron chi connectivity index (χ2n) is 5.10. The van der Waals surface area contributed by atoms with Gasteiger partial charge in [-0.1, -0.05) is 24.3 Å². The lowest BCUT2D eigenvalue weighted by Gasteiger charge is -2.09. The van der Waals surface area contributed by atoms with E-state index in [1.54, 1.807) is 0 Å². The van der Waals surface area contributed by atoms with Crippen molar-refractivity contribution in [3.63, 3.8) is 0 Å². The van der Waals surface area contributed by atoms with Crippen LogP contribution in [0.4, 0.5) is 0 Å². The molecule has 1 fully saturated rings. The molecule has 0 bridgehead atoms. The Labute approximate surface area is 102 Å². The minimum atomic E-state index is 0.467. The number of rotatable bonds is 3. The molecule has 0 spiro atoms. The highest BCUT2D eigenvalue weighted by atomic mass is 15.2. The normalized spacial score (nSPS) is 23.1. The van der Waals surface area contributed by atoms with Gasteiger partial charge >= 0.3 is 0 Å². The second kappa shape index (κ2) is 4.40. The van der Waals surface area contributed by atoms with Gasteiger partial charge < -0.3 is 10.6 Å². The maximum absolute atomic E-state index is 4.38. The van der Waals surface area contributed by atoms with Crippen LogP contribution >= 0.6 is 0 Å². The molecule has 0 aromatic heterocycles. The first-order valence-corrected chi connectivity index (χ1v) is 6.45. The predicted molar refractivity (Wildman–Crippen MR) is 70.2 cm³/mol. The van der Waals surface area contributed by atoms with E-state index in [1.807, 2.05) is 0 Å². The highest BCUT2D eigenvalue weighted by Crippen LogP contribution is 2.39. The van der Waals surface area contributed by atoms with Crippen molar-refractivity contribution in [2.75, 3.05) is 6.54 Å². The van der Waals surface area contributed by atoms with Crippen molar-refractivity contribution >= 4 is 5.96 Å². The Balaban J connectivity index is 1.54. The van der Waals surface area contributed by atoms with E-state index in [2.05, 4.69) is 46.8 Å². The first kappa shape index (κ1) is 10.6. The fourth-order valence-corrected chi connectivity index (χ4v) is 2.17. The number of hydrogen-bond acceptors (Lipinski definition) is 3. The Bertz CT molecular complexity index is 418. The summed E-state index contributed by atoms with van der Waals surface area (Å²) in [7, 11) is 0. The molecule has 1 aromatic rings. The summed E-state index contributed by atoms with van der Waals surface area (Å²) in [6.45, 7) is 3.87. The van der Waals surface area contributed by atoms with Crippen LogP contribution in [0, 0.1) is 0 Å². The average Bonchev–Trinajstić information content (AvgIpc) is 3.11. The van der Waals surface area contributed by atoms with Gasteiger partial charge in [0, 0.05) is 12.6 Å². The highest BCUT2D eigenvalue weighted by Gasteiger charge is 2.22. The van der Waals surface area contributed by atoms with E-state index in [-0.39, 0.29) is 0 Å². The third kappa shape index (κ3) is 2.60. The van der Waals surface area contributed by atoms with Crippen LogP contribution in [0.3, 0.4) is 0 Å². The molecule has 90 valence electrons. The molecule has 1 aliphatic heterocycles. The maximum Gasteiger partial charge on any atom is 0.191 e. The maximum atomic E-state index is 4.38. The third-order valence-corrected chi connectivity index (χ3v) is 3.39. The van der Waals surface area contributed by atoms with Gasteiger partial charge in [0.2, 0.25) is 0 Å². The summed E-state index contributed by atoms with van der Waals surface area (Å²) < 4.78 is 0. The largest absolute Gasteiger partial charge is 0.352 e. The summed E-state index contributed by atoms with van der Waals surface area (Å²) >= 11 is 0. The van der Waals surface area contributed by atoms with Gasteiger partial charge in [0.05, 0.1) is 6.54 Å². The van der Waals surface area contributed by atoms with Crippen molar-refractivity contribution in [1.29, 1.82) is 0 Å². The highest BCUT2D eigenvalue weighted by molar-refractivity contribution is 5.81. The van der Waals surface area contributed by atoms with Crippen LogP contribution in [-0.2, 0) is 6.54 Å². The van der Waals surface area contributed by atoms with Gasteiger partial charge in [0.1, 0.15) is 0 Å². The van der Waals surface area contributed by atoms with Gasteiger partial charge in [-0.05, 0) is 36.8 Å². The topological polar surface area (TPSA) is 36.4 Å². The lowest BCUT2D eigenvalue weighted by Crippen LogP contribution is -2.37. The van der Waals surface area contributed by atoms with Gasteiger partial charge in [-0.15, -0.1) is 0 Å². The lowest BCUT2D eigenvalue weighted by atomic mass is 10.1. The quantitative estimate of drug-likeness (QED) is 0.831. The molecule has 0 radical (unpaired) electrons. The second-order valence-corrected chi connectivity index (χ2v) is 5.10. The minimum absolute atomic E-state index is 0.467. The molecule has 2 aliphatic rings. The van der Waals surface area contributed by atoms with Gasteiger partial charge in [-0.3, -0.25) is 4.99 Å². The molecular formula is C14H19N3. The molecule has 2 N–H and O–H groups in total. The number of nitrogens with one attached hydrogen (secondary N) is 2. The summed E-state index contributed by atoms with van der Waals surface area (Å²) in [4.78, 5) is 4.38. The molecule has 1 heterocycles. The Hall–Kier alpha value is -1.51. The van der Waals surface area contributed by atoms with E-state index in [1.165, 1.54) is 24.0 Å². The van der Waals surface area contributed by atoms with Crippen molar-refractivity contribution in [3.8, 4) is 0 Å². The Morgan fingerprint density at radius 3 is 2.65 bits per heavy atom. The average molecular weight is 229 g/mol. The Kier molecular flexibility index (Phi) is 2.75. The molecule has 17 heavy (non-hydrogen) atoms. The van der Waals surface area contributed by atoms with E-state index in [9.17, 15) is 0 Å². The SMILES string of the molecule is CC1CN=C(NCc2ccc(C3CC3)cc2)N1. The molecule has 1 atom stereocenters. The van der Waals surface area contributed by atoms with Crippen LogP contribution in [0.25, 0.3) is 0 Å². The number of nitrogens with zero attached hydrogens (tertiary/aromatic N) is 1. The van der Waals surface area contributed by atoms with Crippen molar-refractivity contribution < 1.29 is 0 Å². The molecule has 0 amide bonds. The Morgan fingerprint density at radius 2 is 2.06 bits per heavy atom. The Morgan fingerprint density at radius 1 is 1.29 bits per heavy atom. The van der Waals surface area contributed by atoms with Gasteiger partial charge in [-0.25, -0.2) is 0 Å². The van der Waals surface area contributed by atoms with E-state index >= 15 is 0 Å². The minimum Gasteiger partial charge on any atom is -0.352 e. The fraction of sp³-hybridized carbons (Fsp3) is 0.500. The first-order chi connectivity index (χ1) is 8.31. The van der Waals surface area contributed by atoms with Crippen LogP contribution in [0.15, 0.2) is 29.3 Å². The van der Waals surface area contributed by atoms with Gasteiger partial charge in [0.25, 0.3) is 0 Å². The molecule has 3 heteroatoms. The molecule has 3 nitrogen and oxygen atoms in total. The van der Waals surface area contributed by atoms with Crippen molar-refractivity contribution in [2.24, 2.45) is 4.99 Å². The zero-order valence-electron chi connectivity index (χ0n) is 10.2. The summed E-state index contributed by atoms with van der Waals surface area (Å²) in [5.41, 5.74) is 2.82. The van der Waals surface area contributed by atoms with Crippen molar-refractivity contribution in [2.45, 2.75) is 38.3 Å². The van der Waals surface area contributed by atoms with E-state index < -0.39 is 0 Å². The van der Waals surface area contributed by atoms with Crippen LogP contribution in [0.2, 0.25) is 0 Å². The third-order valence-electron chi connectivity index (χ3n) is 3.39.